The third-order valence-corrected chi connectivity index (χ3v) is 4.88. The minimum absolute atomic E-state index is 0.197. The second-order valence-corrected chi connectivity index (χ2v) is 6.82. The Morgan fingerprint density at radius 1 is 1.16 bits per heavy atom. The van der Waals surface area contributed by atoms with Crippen LogP contribution >= 0.6 is 24.0 Å². The molecule has 0 radical (unpaired) electrons. The molecule has 0 saturated carbocycles. The fourth-order valence-corrected chi connectivity index (χ4v) is 3.59. The SMILES string of the molecule is COc1ccc(N2C(=O)/C(=C/c3ccc(C(=O)O)cc3)SC2=S)cc1. The first kappa shape index (κ1) is 17.2. The van der Waals surface area contributed by atoms with Crippen molar-refractivity contribution < 1.29 is 19.4 Å². The maximum atomic E-state index is 12.7. The molecule has 126 valence electrons. The monoisotopic (exact) mass is 371 g/mol. The Labute approximate surface area is 153 Å². The number of methoxy groups -OCH3 is 1. The number of benzene rings is 2. The number of nitrogens with zero attached hydrogens (tertiary/aromatic N) is 1. The summed E-state index contributed by atoms with van der Waals surface area (Å²) in [5.41, 5.74) is 1.61. The molecule has 2 aromatic rings. The van der Waals surface area contributed by atoms with Gasteiger partial charge in [0.2, 0.25) is 0 Å². The van der Waals surface area contributed by atoms with E-state index >= 15 is 0 Å². The number of amides is 1. The molecule has 1 amide bonds. The van der Waals surface area contributed by atoms with Gasteiger partial charge in [-0.3, -0.25) is 9.69 Å². The first-order valence-corrected chi connectivity index (χ1v) is 8.47. The molecule has 0 aliphatic carbocycles. The molecule has 1 aliphatic rings. The smallest absolute Gasteiger partial charge is 0.335 e. The number of carboxylic acid groups (broad SMARTS) is 1. The van der Waals surface area contributed by atoms with Gasteiger partial charge in [-0.2, -0.15) is 0 Å². The van der Waals surface area contributed by atoms with Crippen LogP contribution in [-0.2, 0) is 4.79 Å². The number of ether oxygens (including phenoxy) is 1. The minimum atomic E-state index is -0.989. The predicted octanol–water partition coefficient (Wildman–Crippen LogP) is 3.80. The Balaban J connectivity index is 1.85. The molecule has 0 spiro atoms. The topological polar surface area (TPSA) is 66.8 Å². The van der Waals surface area contributed by atoms with Crippen molar-refractivity contribution in [1.82, 2.24) is 0 Å². The minimum Gasteiger partial charge on any atom is -0.497 e. The average Bonchev–Trinajstić information content (AvgIpc) is 2.89. The number of carbonyl (C=O) groups excluding carboxylic acids is 1. The van der Waals surface area contributed by atoms with Crippen molar-refractivity contribution in [1.29, 1.82) is 0 Å². The van der Waals surface area contributed by atoms with Crippen LogP contribution < -0.4 is 9.64 Å². The Bertz CT molecular complexity index is 873. The highest BCUT2D eigenvalue weighted by molar-refractivity contribution is 8.27. The Morgan fingerprint density at radius 2 is 1.80 bits per heavy atom. The third-order valence-electron chi connectivity index (χ3n) is 3.58. The highest BCUT2D eigenvalue weighted by Crippen LogP contribution is 2.36. The number of anilines is 1. The van der Waals surface area contributed by atoms with Gasteiger partial charge in [0, 0.05) is 0 Å². The largest absolute Gasteiger partial charge is 0.497 e. The summed E-state index contributed by atoms with van der Waals surface area (Å²) in [6.45, 7) is 0. The Hall–Kier alpha value is -2.64. The van der Waals surface area contributed by atoms with Gasteiger partial charge in [-0.15, -0.1) is 0 Å². The van der Waals surface area contributed by atoms with Crippen molar-refractivity contribution in [3.63, 3.8) is 0 Å². The van der Waals surface area contributed by atoms with Crippen molar-refractivity contribution in [3.05, 3.63) is 64.6 Å². The van der Waals surface area contributed by atoms with Gasteiger partial charge < -0.3 is 9.84 Å². The number of carbonyl (C=O) groups is 2. The van der Waals surface area contributed by atoms with E-state index in [1.807, 2.05) is 0 Å². The van der Waals surface area contributed by atoms with Gasteiger partial charge in [-0.25, -0.2) is 4.79 Å². The molecule has 0 unspecified atom stereocenters. The molecular weight excluding hydrogens is 358 g/mol. The van der Waals surface area contributed by atoms with E-state index in [0.29, 0.717) is 20.7 Å². The zero-order chi connectivity index (χ0) is 18.0. The van der Waals surface area contributed by atoms with Gasteiger partial charge in [-0.1, -0.05) is 36.1 Å². The second-order valence-electron chi connectivity index (χ2n) is 5.14. The number of thioether (sulfide) groups is 1. The van der Waals surface area contributed by atoms with Crippen LogP contribution in [0.1, 0.15) is 15.9 Å². The average molecular weight is 371 g/mol. The van der Waals surface area contributed by atoms with Crippen LogP contribution in [0.15, 0.2) is 53.4 Å². The molecule has 0 aromatic heterocycles. The number of aromatic carboxylic acids is 1. The maximum Gasteiger partial charge on any atom is 0.335 e. The summed E-state index contributed by atoms with van der Waals surface area (Å²) in [7, 11) is 1.58. The zero-order valence-corrected chi connectivity index (χ0v) is 14.8. The number of carboxylic acids is 1. The van der Waals surface area contributed by atoms with Crippen LogP contribution in [0.5, 0.6) is 5.75 Å². The van der Waals surface area contributed by atoms with Crippen LogP contribution in [0.2, 0.25) is 0 Å². The number of hydrogen-bond acceptors (Lipinski definition) is 5. The van der Waals surface area contributed by atoms with Gasteiger partial charge in [0.15, 0.2) is 4.32 Å². The van der Waals surface area contributed by atoms with Gasteiger partial charge >= 0.3 is 5.97 Å². The molecule has 0 bridgehead atoms. The fraction of sp³-hybridized carbons (Fsp3) is 0.0556. The van der Waals surface area contributed by atoms with Crippen LogP contribution in [0, 0.1) is 0 Å². The summed E-state index contributed by atoms with van der Waals surface area (Å²) in [6, 6.07) is 13.4. The molecule has 1 fully saturated rings. The lowest BCUT2D eigenvalue weighted by molar-refractivity contribution is -0.113. The lowest BCUT2D eigenvalue weighted by Gasteiger charge is -2.14. The summed E-state index contributed by atoms with van der Waals surface area (Å²) in [6.07, 6.45) is 1.70. The predicted molar refractivity (Wildman–Crippen MR) is 102 cm³/mol. The van der Waals surface area contributed by atoms with Crippen LogP contribution in [0.3, 0.4) is 0 Å². The molecule has 1 saturated heterocycles. The Morgan fingerprint density at radius 3 is 2.36 bits per heavy atom. The van der Waals surface area contributed by atoms with E-state index in [9.17, 15) is 9.59 Å². The molecule has 1 N–H and O–H groups in total. The first-order chi connectivity index (χ1) is 12.0. The lowest BCUT2D eigenvalue weighted by Crippen LogP contribution is -2.27. The van der Waals surface area contributed by atoms with E-state index in [1.165, 1.54) is 28.8 Å². The molecule has 1 aliphatic heterocycles. The second kappa shape index (κ2) is 7.08. The van der Waals surface area contributed by atoms with Gasteiger partial charge in [0.25, 0.3) is 5.91 Å². The van der Waals surface area contributed by atoms with Crippen molar-refractivity contribution in [2.45, 2.75) is 0 Å². The summed E-state index contributed by atoms with van der Waals surface area (Å²) in [5.74, 6) is -0.497. The van der Waals surface area contributed by atoms with Gasteiger partial charge in [-0.05, 0) is 48.0 Å². The molecule has 2 aromatic carbocycles. The van der Waals surface area contributed by atoms with Crippen molar-refractivity contribution >= 4 is 51.9 Å². The van der Waals surface area contributed by atoms with E-state index in [2.05, 4.69) is 0 Å². The standard InChI is InChI=1S/C18H13NO4S2/c1-23-14-8-6-13(7-9-14)19-16(20)15(25-18(19)24)10-11-2-4-12(5-3-11)17(21)22/h2-10H,1H3,(H,21,22)/b15-10-. The van der Waals surface area contributed by atoms with E-state index in [4.69, 9.17) is 22.1 Å². The van der Waals surface area contributed by atoms with Gasteiger partial charge in [0.05, 0.1) is 23.3 Å². The molecule has 1 heterocycles. The van der Waals surface area contributed by atoms with Crippen LogP contribution in [-0.4, -0.2) is 28.4 Å². The van der Waals surface area contributed by atoms with Crippen molar-refractivity contribution in [2.24, 2.45) is 0 Å². The third kappa shape index (κ3) is 3.57. The van der Waals surface area contributed by atoms with E-state index < -0.39 is 5.97 Å². The van der Waals surface area contributed by atoms with Crippen LogP contribution in [0.25, 0.3) is 6.08 Å². The normalized spacial score (nSPS) is 15.7. The molecule has 7 heteroatoms. The maximum absolute atomic E-state index is 12.7. The molecule has 0 atom stereocenters. The molecular formula is C18H13NO4S2. The van der Waals surface area contributed by atoms with Gasteiger partial charge in [0.1, 0.15) is 5.75 Å². The molecule has 5 nitrogen and oxygen atoms in total. The zero-order valence-electron chi connectivity index (χ0n) is 13.1. The van der Waals surface area contributed by atoms with E-state index in [-0.39, 0.29) is 11.5 Å². The fourth-order valence-electron chi connectivity index (χ4n) is 2.29. The molecule has 3 rings (SSSR count). The first-order valence-electron chi connectivity index (χ1n) is 7.25. The summed E-state index contributed by atoms with van der Waals surface area (Å²) >= 11 is 6.54. The van der Waals surface area contributed by atoms with Crippen molar-refractivity contribution in [2.75, 3.05) is 12.0 Å². The highest BCUT2D eigenvalue weighted by Gasteiger charge is 2.33. The number of thiocarbonyl (C=S) groups is 1. The number of rotatable bonds is 4. The summed E-state index contributed by atoms with van der Waals surface area (Å²) < 4.78 is 5.57. The number of hydrogen-bond donors (Lipinski definition) is 1. The van der Waals surface area contributed by atoms with E-state index in [1.54, 1.807) is 49.6 Å². The molecule has 25 heavy (non-hydrogen) atoms. The Kier molecular flexibility index (Phi) is 4.87. The summed E-state index contributed by atoms with van der Waals surface area (Å²) in [4.78, 5) is 25.5. The van der Waals surface area contributed by atoms with E-state index in [0.717, 1.165) is 5.56 Å². The lowest BCUT2D eigenvalue weighted by atomic mass is 10.1. The van der Waals surface area contributed by atoms with Crippen LogP contribution in [0.4, 0.5) is 5.69 Å². The van der Waals surface area contributed by atoms with Crippen molar-refractivity contribution in [3.8, 4) is 5.75 Å². The highest BCUT2D eigenvalue weighted by atomic mass is 32.2. The summed E-state index contributed by atoms with van der Waals surface area (Å²) in [5, 5.41) is 8.93. The quantitative estimate of drug-likeness (QED) is 0.651.